The minimum absolute atomic E-state index is 0.265. The Hall–Kier alpha value is -1.23. The lowest BCUT2D eigenvalue weighted by Crippen LogP contribution is -1.85. The maximum Gasteiger partial charge on any atom is 0.245 e. The number of carbonyl (C=O) groups excluding carboxylic acids is 1. The molecule has 0 atom stereocenters. The van der Waals surface area contributed by atoms with E-state index in [0.29, 0.717) is 15.7 Å². The molecule has 18 heavy (non-hydrogen) atoms. The molecule has 2 nitrogen and oxygen atoms in total. The number of halogens is 3. The molecule has 0 saturated carbocycles. The van der Waals surface area contributed by atoms with Gasteiger partial charge in [0.15, 0.2) is 0 Å². The minimum Gasteiger partial charge on any atom is -0.276 e. The van der Waals surface area contributed by atoms with Crippen molar-refractivity contribution in [3.05, 3.63) is 46.2 Å². The van der Waals surface area contributed by atoms with Crippen LogP contribution in [0, 0.1) is 5.82 Å². The Labute approximate surface area is 117 Å². The fraction of sp³-hybridized carbons (Fsp3) is 0. The summed E-state index contributed by atoms with van der Waals surface area (Å²) in [4.78, 5) is 14.7. The lowest BCUT2D eigenvalue weighted by Gasteiger charge is -2.00. The van der Waals surface area contributed by atoms with Gasteiger partial charge in [-0.25, -0.2) is 9.37 Å². The summed E-state index contributed by atoms with van der Waals surface area (Å²) in [7, 11) is 0. The average molecular weight is 302 g/mol. The van der Waals surface area contributed by atoms with E-state index in [1.807, 2.05) is 0 Å². The number of aromatic nitrogens is 1. The van der Waals surface area contributed by atoms with Gasteiger partial charge in [-0.1, -0.05) is 17.7 Å². The van der Waals surface area contributed by atoms with Crippen molar-refractivity contribution in [3.8, 4) is 10.6 Å². The summed E-state index contributed by atoms with van der Waals surface area (Å²) >= 11 is 12.3. The summed E-state index contributed by atoms with van der Waals surface area (Å²) in [6.07, 6.45) is 2.65. The van der Waals surface area contributed by atoms with Gasteiger partial charge in [-0.15, -0.1) is 11.3 Å². The number of carbonyl (C=O) groups is 1. The van der Waals surface area contributed by atoms with Crippen molar-refractivity contribution in [1.82, 2.24) is 4.98 Å². The zero-order valence-electron chi connectivity index (χ0n) is 8.86. The Morgan fingerprint density at radius 1 is 1.44 bits per heavy atom. The molecule has 0 N–H and O–H groups in total. The number of thiazole rings is 1. The zero-order chi connectivity index (χ0) is 13.1. The van der Waals surface area contributed by atoms with Gasteiger partial charge in [-0.05, 0) is 35.9 Å². The second-order valence-corrected chi connectivity index (χ2v) is 4.95. The van der Waals surface area contributed by atoms with Crippen molar-refractivity contribution in [2.75, 3.05) is 0 Å². The molecule has 0 aliphatic rings. The van der Waals surface area contributed by atoms with Crippen LogP contribution >= 0.6 is 34.5 Å². The normalized spacial score (nSPS) is 11.1. The third kappa shape index (κ3) is 2.96. The van der Waals surface area contributed by atoms with Gasteiger partial charge in [0.1, 0.15) is 10.8 Å². The monoisotopic (exact) mass is 301 g/mol. The predicted octanol–water partition coefficient (Wildman–Crippen LogP) is 4.38. The molecule has 0 aliphatic carbocycles. The average Bonchev–Trinajstić information content (AvgIpc) is 2.75. The van der Waals surface area contributed by atoms with Gasteiger partial charge < -0.3 is 0 Å². The van der Waals surface area contributed by atoms with Crippen molar-refractivity contribution < 1.29 is 9.18 Å². The molecule has 1 aromatic carbocycles. The molecular weight excluding hydrogens is 296 g/mol. The molecule has 0 fully saturated rings. The lowest BCUT2D eigenvalue weighted by molar-refractivity contribution is -0.107. The number of hydrogen-bond acceptors (Lipinski definition) is 3. The summed E-state index contributed by atoms with van der Waals surface area (Å²) in [5.74, 6) is -0.430. The van der Waals surface area contributed by atoms with E-state index < -0.39 is 11.1 Å². The molecule has 0 bridgehead atoms. The molecule has 2 rings (SSSR count). The van der Waals surface area contributed by atoms with Crippen LogP contribution in [0.15, 0.2) is 29.7 Å². The van der Waals surface area contributed by atoms with E-state index >= 15 is 0 Å². The Kier molecular flexibility index (Phi) is 4.11. The highest BCUT2D eigenvalue weighted by atomic mass is 35.5. The van der Waals surface area contributed by atoms with Gasteiger partial charge in [-0.3, -0.25) is 4.79 Å². The maximum absolute atomic E-state index is 13.6. The standard InChI is InChI=1S/C12H6Cl2FNOS/c13-8-2-1-3-9(15)11(8)12-16-7(6-18-12)4-5-10(14)17/h1-6H. The lowest BCUT2D eigenvalue weighted by atomic mass is 10.2. The van der Waals surface area contributed by atoms with Crippen LogP contribution in [0.4, 0.5) is 4.39 Å². The first kappa shape index (κ1) is 13.2. The number of hydrogen-bond donors (Lipinski definition) is 0. The van der Waals surface area contributed by atoms with E-state index in [1.165, 1.54) is 35.6 Å². The van der Waals surface area contributed by atoms with Crippen LogP contribution in [0.3, 0.4) is 0 Å². The number of nitrogens with zero attached hydrogens (tertiary/aromatic N) is 1. The smallest absolute Gasteiger partial charge is 0.245 e. The van der Waals surface area contributed by atoms with Crippen LogP contribution < -0.4 is 0 Å². The van der Waals surface area contributed by atoms with Crippen molar-refractivity contribution in [1.29, 1.82) is 0 Å². The van der Waals surface area contributed by atoms with E-state index in [1.54, 1.807) is 11.4 Å². The van der Waals surface area contributed by atoms with Gasteiger partial charge in [0, 0.05) is 5.38 Å². The van der Waals surface area contributed by atoms with Crippen molar-refractivity contribution in [2.24, 2.45) is 0 Å². The highest BCUT2D eigenvalue weighted by molar-refractivity contribution is 7.13. The topological polar surface area (TPSA) is 30.0 Å². The molecule has 92 valence electrons. The second kappa shape index (κ2) is 5.61. The third-order valence-corrected chi connectivity index (χ3v) is 3.40. The summed E-state index contributed by atoms with van der Waals surface area (Å²) in [5.41, 5.74) is 0.796. The molecule has 1 heterocycles. The summed E-state index contributed by atoms with van der Waals surface area (Å²) < 4.78 is 13.6. The van der Waals surface area contributed by atoms with E-state index in [4.69, 9.17) is 23.2 Å². The quantitative estimate of drug-likeness (QED) is 0.622. The largest absolute Gasteiger partial charge is 0.276 e. The molecule has 2 aromatic rings. The molecule has 0 spiro atoms. The van der Waals surface area contributed by atoms with E-state index in [0.717, 1.165) is 0 Å². The van der Waals surface area contributed by atoms with Crippen LogP contribution in [0.2, 0.25) is 5.02 Å². The zero-order valence-corrected chi connectivity index (χ0v) is 11.2. The molecule has 0 aliphatic heterocycles. The third-order valence-electron chi connectivity index (χ3n) is 2.08. The van der Waals surface area contributed by atoms with Crippen molar-refractivity contribution in [2.45, 2.75) is 0 Å². The van der Waals surface area contributed by atoms with Crippen LogP contribution in [-0.4, -0.2) is 10.2 Å². The molecule has 0 amide bonds. The van der Waals surface area contributed by atoms with E-state index in [2.05, 4.69) is 4.98 Å². The fourth-order valence-corrected chi connectivity index (χ4v) is 2.55. The highest BCUT2D eigenvalue weighted by Gasteiger charge is 2.12. The van der Waals surface area contributed by atoms with E-state index in [9.17, 15) is 9.18 Å². The molecule has 0 radical (unpaired) electrons. The van der Waals surface area contributed by atoms with Crippen LogP contribution in [0.25, 0.3) is 16.6 Å². The van der Waals surface area contributed by atoms with Crippen LogP contribution in [0.1, 0.15) is 5.69 Å². The first-order valence-electron chi connectivity index (χ1n) is 4.85. The minimum atomic E-state index is -0.589. The molecule has 6 heteroatoms. The molecule has 0 unspecified atom stereocenters. The first-order valence-corrected chi connectivity index (χ1v) is 6.49. The second-order valence-electron chi connectivity index (χ2n) is 3.31. The summed E-state index contributed by atoms with van der Waals surface area (Å²) in [5, 5.41) is 1.86. The van der Waals surface area contributed by atoms with Gasteiger partial charge in [0.25, 0.3) is 0 Å². The Balaban J connectivity index is 2.38. The number of benzene rings is 1. The number of allylic oxidation sites excluding steroid dienone is 1. The Morgan fingerprint density at radius 3 is 2.89 bits per heavy atom. The van der Waals surface area contributed by atoms with Gasteiger partial charge >= 0.3 is 0 Å². The maximum atomic E-state index is 13.6. The molecular formula is C12H6Cl2FNOS. The molecule has 1 aromatic heterocycles. The van der Waals surface area contributed by atoms with Crippen LogP contribution in [-0.2, 0) is 4.79 Å². The summed E-state index contributed by atoms with van der Waals surface area (Å²) in [6, 6.07) is 4.45. The van der Waals surface area contributed by atoms with Crippen molar-refractivity contribution in [3.63, 3.8) is 0 Å². The highest BCUT2D eigenvalue weighted by Crippen LogP contribution is 2.32. The van der Waals surface area contributed by atoms with Gasteiger partial charge in [0.2, 0.25) is 5.24 Å². The number of rotatable bonds is 3. The Bertz CT molecular complexity index is 604. The van der Waals surface area contributed by atoms with Gasteiger partial charge in [-0.2, -0.15) is 0 Å². The fourth-order valence-electron chi connectivity index (χ4n) is 1.33. The first-order chi connectivity index (χ1) is 8.58. The Morgan fingerprint density at radius 2 is 2.22 bits per heavy atom. The van der Waals surface area contributed by atoms with Crippen LogP contribution in [0.5, 0.6) is 0 Å². The summed E-state index contributed by atoms with van der Waals surface area (Å²) in [6.45, 7) is 0. The molecule has 0 saturated heterocycles. The van der Waals surface area contributed by atoms with E-state index in [-0.39, 0.29) is 5.56 Å². The van der Waals surface area contributed by atoms with Gasteiger partial charge in [0.05, 0.1) is 16.3 Å². The predicted molar refractivity (Wildman–Crippen MR) is 72.4 cm³/mol. The van der Waals surface area contributed by atoms with Crippen molar-refractivity contribution >= 4 is 45.9 Å². The SMILES string of the molecule is O=C(Cl)C=Cc1csc(-c2c(F)cccc2Cl)n1.